The van der Waals surface area contributed by atoms with Crippen molar-refractivity contribution in [2.75, 3.05) is 46.3 Å². The SMILES string of the molecule is CNC(C)(C#N)CN1CCC(CN2CCCC2)CC1. The lowest BCUT2D eigenvalue weighted by molar-refractivity contribution is 0.136. The van der Waals surface area contributed by atoms with Gasteiger partial charge in [-0.1, -0.05) is 0 Å². The van der Waals surface area contributed by atoms with Crippen molar-refractivity contribution < 1.29 is 0 Å². The third-order valence-electron chi connectivity index (χ3n) is 4.76. The number of nitrogens with one attached hydrogen (secondary N) is 1. The van der Waals surface area contributed by atoms with Gasteiger partial charge in [-0.3, -0.25) is 0 Å². The van der Waals surface area contributed by atoms with Crippen LogP contribution in [0.5, 0.6) is 0 Å². The van der Waals surface area contributed by atoms with Crippen molar-refractivity contribution in [3.63, 3.8) is 0 Å². The molecular formula is C15H28N4. The van der Waals surface area contributed by atoms with Gasteiger partial charge in [-0.15, -0.1) is 0 Å². The van der Waals surface area contributed by atoms with Crippen molar-refractivity contribution in [2.24, 2.45) is 5.92 Å². The minimum atomic E-state index is -0.401. The Labute approximate surface area is 117 Å². The molecule has 2 heterocycles. The molecule has 4 heteroatoms. The number of likely N-dealkylation sites (N-methyl/N-ethyl adjacent to an activating group) is 1. The number of likely N-dealkylation sites (tertiary alicyclic amines) is 2. The number of hydrogen-bond acceptors (Lipinski definition) is 4. The predicted octanol–water partition coefficient (Wildman–Crippen LogP) is 1.30. The van der Waals surface area contributed by atoms with Gasteiger partial charge in [-0.05, 0) is 71.8 Å². The van der Waals surface area contributed by atoms with E-state index in [4.69, 9.17) is 0 Å². The van der Waals surface area contributed by atoms with E-state index in [0.717, 1.165) is 25.6 Å². The van der Waals surface area contributed by atoms with Gasteiger partial charge in [0.15, 0.2) is 0 Å². The fraction of sp³-hybridized carbons (Fsp3) is 0.933. The molecule has 0 aromatic rings. The predicted molar refractivity (Wildman–Crippen MR) is 77.9 cm³/mol. The van der Waals surface area contributed by atoms with Crippen LogP contribution in [0.15, 0.2) is 0 Å². The van der Waals surface area contributed by atoms with Crippen LogP contribution >= 0.6 is 0 Å². The summed E-state index contributed by atoms with van der Waals surface area (Å²) in [6.45, 7) is 9.06. The molecule has 0 aliphatic carbocycles. The van der Waals surface area contributed by atoms with Crippen LogP contribution in [0.25, 0.3) is 0 Å². The Morgan fingerprint density at radius 2 is 1.79 bits per heavy atom. The molecule has 0 saturated carbocycles. The van der Waals surface area contributed by atoms with Crippen molar-refractivity contribution in [1.82, 2.24) is 15.1 Å². The zero-order chi connectivity index (χ0) is 13.7. The zero-order valence-electron chi connectivity index (χ0n) is 12.5. The van der Waals surface area contributed by atoms with E-state index in [1.165, 1.54) is 45.3 Å². The fourth-order valence-corrected chi connectivity index (χ4v) is 3.27. The fourth-order valence-electron chi connectivity index (χ4n) is 3.27. The first-order valence-electron chi connectivity index (χ1n) is 7.70. The number of nitrogens with zero attached hydrogens (tertiary/aromatic N) is 3. The summed E-state index contributed by atoms with van der Waals surface area (Å²) < 4.78 is 0. The molecule has 2 aliphatic rings. The summed E-state index contributed by atoms with van der Waals surface area (Å²) in [7, 11) is 1.88. The number of rotatable bonds is 5. The monoisotopic (exact) mass is 264 g/mol. The minimum Gasteiger partial charge on any atom is -0.303 e. The Morgan fingerprint density at radius 3 is 2.32 bits per heavy atom. The van der Waals surface area contributed by atoms with Gasteiger partial charge in [0.1, 0.15) is 5.54 Å². The molecule has 0 bridgehead atoms. The summed E-state index contributed by atoms with van der Waals surface area (Å²) in [5.41, 5.74) is -0.401. The summed E-state index contributed by atoms with van der Waals surface area (Å²) in [5, 5.41) is 12.3. The Bertz CT molecular complexity index is 311. The summed E-state index contributed by atoms with van der Waals surface area (Å²) in [4.78, 5) is 5.08. The van der Waals surface area contributed by atoms with Crippen LogP contribution < -0.4 is 5.32 Å². The van der Waals surface area contributed by atoms with Crippen LogP contribution in [0.2, 0.25) is 0 Å². The van der Waals surface area contributed by atoms with Gasteiger partial charge in [0, 0.05) is 13.1 Å². The molecule has 0 aromatic carbocycles. The zero-order valence-corrected chi connectivity index (χ0v) is 12.5. The third kappa shape index (κ3) is 4.17. The highest BCUT2D eigenvalue weighted by Gasteiger charge is 2.28. The topological polar surface area (TPSA) is 42.3 Å². The second-order valence-electron chi connectivity index (χ2n) is 6.42. The molecule has 0 amide bonds. The van der Waals surface area contributed by atoms with Crippen molar-refractivity contribution in [3.05, 3.63) is 0 Å². The van der Waals surface area contributed by atoms with E-state index in [0.29, 0.717) is 0 Å². The maximum atomic E-state index is 9.21. The maximum absolute atomic E-state index is 9.21. The van der Waals surface area contributed by atoms with E-state index < -0.39 is 5.54 Å². The summed E-state index contributed by atoms with van der Waals surface area (Å²) in [5.74, 6) is 0.872. The lowest BCUT2D eigenvalue weighted by Crippen LogP contribution is -2.51. The largest absolute Gasteiger partial charge is 0.303 e. The van der Waals surface area contributed by atoms with Crippen LogP contribution in [-0.2, 0) is 0 Å². The summed E-state index contributed by atoms with van der Waals surface area (Å²) >= 11 is 0. The third-order valence-corrected chi connectivity index (χ3v) is 4.76. The highest BCUT2D eigenvalue weighted by Crippen LogP contribution is 2.21. The molecule has 2 saturated heterocycles. The molecule has 0 aromatic heterocycles. The number of piperidine rings is 1. The lowest BCUT2D eigenvalue weighted by Gasteiger charge is -2.37. The lowest BCUT2D eigenvalue weighted by atomic mass is 9.94. The molecule has 0 radical (unpaired) electrons. The van der Waals surface area contributed by atoms with Gasteiger partial charge in [0.2, 0.25) is 0 Å². The van der Waals surface area contributed by atoms with Gasteiger partial charge in [-0.2, -0.15) is 5.26 Å². The molecule has 1 N–H and O–H groups in total. The number of nitriles is 1. The van der Waals surface area contributed by atoms with E-state index in [-0.39, 0.29) is 0 Å². The Hall–Kier alpha value is -0.630. The average Bonchev–Trinajstić information content (AvgIpc) is 2.94. The van der Waals surface area contributed by atoms with E-state index in [9.17, 15) is 5.26 Å². The van der Waals surface area contributed by atoms with E-state index >= 15 is 0 Å². The van der Waals surface area contributed by atoms with Gasteiger partial charge < -0.3 is 15.1 Å². The summed E-state index contributed by atoms with van der Waals surface area (Å²) in [6.07, 6.45) is 5.37. The maximum Gasteiger partial charge on any atom is 0.116 e. The molecule has 19 heavy (non-hydrogen) atoms. The van der Waals surface area contributed by atoms with Crippen molar-refractivity contribution >= 4 is 0 Å². The van der Waals surface area contributed by atoms with Gasteiger partial charge in [0.25, 0.3) is 0 Å². The van der Waals surface area contributed by atoms with Crippen molar-refractivity contribution in [2.45, 2.75) is 38.1 Å². The minimum absolute atomic E-state index is 0.401. The van der Waals surface area contributed by atoms with Crippen LogP contribution in [0.4, 0.5) is 0 Å². The van der Waals surface area contributed by atoms with Gasteiger partial charge in [0.05, 0.1) is 6.07 Å². The average molecular weight is 264 g/mol. The summed E-state index contributed by atoms with van der Waals surface area (Å²) in [6, 6.07) is 2.38. The van der Waals surface area contributed by atoms with Crippen LogP contribution in [-0.4, -0.2) is 61.7 Å². The van der Waals surface area contributed by atoms with Crippen LogP contribution in [0, 0.1) is 17.2 Å². The normalized spacial score (nSPS) is 26.2. The van der Waals surface area contributed by atoms with Crippen molar-refractivity contribution in [1.29, 1.82) is 5.26 Å². The molecule has 4 nitrogen and oxygen atoms in total. The Kier molecular flexibility index (Phi) is 5.20. The van der Waals surface area contributed by atoms with E-state index in [1.54, 1.807) is 0 Å². The quantitative estimate of drug-likeness (QED) is 0.813. The molecule has 2 aliphatic heterocycles. The second kappa shape index (κ2) is 6.69. The first kappa shape index (κ1) is 14.8. The molecule has 0 spiro atoms. The molecule has 2 rings (SSSR count). The standard InChI is InChI=1S/C15H28N4/c1-15(12-16,17-2)13-19-9-5-14(6-10-19)11-18-7-3-4-8-18/h14,17H,3-11,13H2,1-2H3. The number of hydrogen-bond donors (Lipinski definition) is 1. The Morgan fingerprint density at radius 1 is 1.16 bits per heavy atom. The molecule has 1 atom stereocenters. The van der Waals surface area contributed by atoms with Gasteiger partial charge in [-0.25, -0.2) is 0 Å². The van der Waals surface area contributed by atoms with E-state index in [2.05, 4.69) is 21.2 Å². The van der Waals surface area contributed by atoms with Crippen LogP contribution in [0.3, 0.4) is 0 Å². The smallest absolute Gasteiger partial charge is 0.116 e. The highest BCUT2D eigenvalue weighted by atomic mass is 15.2. The van der Waals surface area contributed by atoms with E-state index in [1.807, 2.05) is 14.0 Å². The second-order valence-corrected chi connectivity index (χ2v) is 6.42. The van der Waals surface area contributed by atoms with Crippen LogP contribution in [0.1, 0.15) is 32.6 Å². The molecular weight excluding hydrogens is 236 g/mol. The van der Waals surface area contributed by atoms with Crippen molar-refractivity contribution in [3.8, 4) is 6.07 Å². The first-order valence-corrected chi connectivity index (χ1v) is 7.70. The molecule has 1 unspecified atom stereocenters. The molecule has 2 fully saturated rings. The highest BCUT2D eigenvalue weighted by molar-refractivity contribution is 5.05. The van der Waals surface area contributed by atoms with Gasteiger partial charge >= 0.3 is 0 Å². The Balaban J connectivity index is 1.71. The first-order chi connectivity index (χ1) is 9.15. The molecule has 108 valence electrons.